The minimum atomic E-state index is -0.151. The average Bonchev–Trinajstić information content (AvgIpc) is 2.81. The number of anilines is 2. The van der Waals surface area contributed by atoms with Crippen LogP contribution in [0.1, 0.15) is 53.9 Å². The normalized spacial score (nSPS) is 18.2. The van der Waals surface area contributed by atoms with E-state index in [9.17, 15) is 9.90 Å². The van der Waals surface area contributed by atoms with E-state index in [1.807, 2.05) is 30.3 Å². The lowest BCUT2D eigenvalue weighted by atomic mass is 9.83. The number of piperazine rings is 1. The number of benzene rings is 2. The molecule has 166 valence electrons. The number of carbonyl (C=O) groups excluding carboxylic acids is 1. The van der Waals surface area contributed by atoms with Crippen LogP contribution in [-0.4, -0.2) is 60.4 Å². The summed E-state index contributed by atoms with van der Waals surface area (Å²) < 4.78 is 0. The third-order valence-electron chi connectivity index (χ3n) is 6.61. The van der Waals surface area contributed by atoms with Crippen molar-refractivity contribution in [2.45, 2.75) is 38.0 Å². The van der Waals surface area contributed by atoms with Crippen molar-refractivity contribution in [3.05, 3.63) is 53.6 Å². The summed E-state index contributed by atoms with van der Waals surface area (Å²) in [6, 6.07) is 13.2. The van der Waals surface area contributed by atoms with Gasteiger partial charge in [-0.2, -0.15) is 0 Å². The van der Waals surface area contributed by atoms with E-state index in [4.69, 9.17) is 5.11 Å². The van der Waals surface area contributed by atoms with Gasteiger partial charge in [0.15, 0.2) is 0 Å². The van der Waals surface area contributed by atoms with Crippen LogP contribution in [-0.2, 0) is 0 Å². The standard InChI is InChI=1S/C25H33N3O3/c29-17-16-27-12-14-28(15-13-27)22-9-7-21(8-10-22)26-25(31)20-6-11-24(30)23(18-20)19-4-2-1-3-5-19/h6-11,18-19,29-30H,1-5,12-17H2,(H,26,31). The zero-order chi connectivity index (χ0) is 21.6. The van der Waals surface area contributed by atoms with Gasteiger partial charge < -0.3 is 20.4 Å². The van der Waals surface area contributed by atoms with Gasteiger partial charge in [0, 0.05) is 49.7 Å². The molecule has 0 atom stereocenters. The van der Waals surface area contributed by atoms with Crippen molar-refractivity contribution in [3.8, 4) is 5.75 Å². The predicted octanol–water partition coefficient (Wildman–Crippen LogP) is 3.81. The average molecular weight is 424 g/mol. The summed E-state index contributed by atoms with van der Waals surface area (Å²) in [5.41, 5.74) is 3.40. The van der Waals surface area contributed by atoms with Gasteiger partial charge in [-0.1, -0.05) is 19.3 Å². The molecule has 1 saturated heterocycles. The molecule has 4 rings (SSSR count). The van der Waals surface area contributed by atoms with E-state index in [1.54, 1.807) is 12.1 Å². The van der Waals surface area contributed by atoms with Gasteiger partial charge in [-0.3, -0.25) is 9.69 Å². The summed E-state index contributed by atoms with van der Waals surface area (Å²) in [6.07, 6.45) is 5.78. The number of phenolic OH excluding ortho intramolecular Hbond substituents is 1. The number of aromatic hydroxyl groups is 1. The van der Waals surface area contributed by atoms with Crippen LogP contribution < -0.4 is 10.2 Å². The quantitative estimate of drug-likeness (QED) is 0.659. The molecular weight excluding hydrogens is 390 g/mol. The van der Waals surface area contributed by atoms with Crippen LogP contribution in [0.15, 0.2) is 42.5 Å². The van der Waals surface area contributed by atoms with Gasteiger partial charge >= 0.3 is 0 Å². The second kappa shape index (κ2) is 10.2. The molecule has 2 aliphatic rings. The lowest BCUT2D eigenvalue weighted by Gasteiger charge is -2.35. The molecular formula is C25H33N3O3. The summed E-state index contributed by atoms with van der Waals surface area (Å²) in [5.74, 6) is 0.493. The number of amides is 1. The fourth-order valence-electron chi connectivity index (χ4n) is 4.77. The Morgan fingerprint density at radius 3 is 2.35 bits per heavy atom. The minimum Gasteiger partial charge on any atom is -0.508 e. The highest BCUT2D eigenvalue weighted by atomic mass is 16.3. The summed E-state index contributed by atoms with van der Waals surface area (Å²) in [5, 5.41) is 22.4. The highest BCUT2D eigenvalue weighted by Gasteiger charge is 2.20. The fraction of sp³-hybridized carbons (Fsp3) is 0.480. The van der Waals surface area contributed by atoms with Crippen LogP contribution in [0.25, 0.3) is 0 Å². The number of hydrogen-bond donors (Lipinski definition) is 3. The number of aliphatic hydroxyl groups is 1. The first-order chi connectivity index (χ1) is 15.1. The van der Waals surface area contributed by atoms with Gasteiger partial charge in [0.05, 0.1) is 6.61 Å². The largest absolute Gasteiger partial charge is 0.508 e. The van der Waals surface area contributed by atoms with Crippen molar-refractivity contribution in [1.29, 1.82) is 0 Å². The number of nitrogens with one attached hydrogen (secondary N) is 1. The maximum atomic E-state index is 12.8. The predicted molar refractivity (Wildman–Crippen MR) is 124 cm³/mol. The number of nitrogens with zero attached hydrogens (tertiary/aromatic N) is 2. The molecule has 1 aliphatic carbocycles. The van der Waals surface area contributed by atoms with E-state index in [0.717, 1.165) is 62.5 Å². The van der Waals surface area contributed by atoms with Crippen molar-refractivity contribution in [2.24, 2.45) is 0 Å². The zero-order valence-corrected chi connectivity index (χ0v) is 18.1. The maximum Gasteiger partial charge on any atom is 0.255 e. The van der Waals surface area contributed by atoms with Gasteiger partial charge in [-0.25, -0.2) is 0 Å². The van der Waals surface area contributed by atoms with Crippen LogP contribution in [0.4, 0.5) is 11.4 Å². The number of β-amino-alcohol motifs (C(OH)–C–C–N with tert-alkyl or cyclic N) is 1. The lowest BCUT2D eigenvalue weighted by Crippen LogP contribution is -2.47. The molecule has 1 heterocycles. The number of aliphatic hydroxyl groups excluding tert-OH is 1. The van der Waals surface area contributed by atoms with Crippen LogP contribution in [0.2, 0.25) is 0 Å². The van der Waals surface area contributed by atoms with E-state index >= 15 is 0 Å². The van der Waals surface area contributed by atoms with Crippen molar-refractivity contribution in [3.63, 3.8) is 0 Å². The van der Waals surface area contributed by atoms with Crippen molar-refractivity contribution in [2.75, 3.05) is 49.5 Å². The molecule has 0 unspecified atom stereocenters. The molecule has 2 aromatic rings. The smallest absolute Gasteiger partial charge is 0.255 e. The molecule has 0 bridgehead atoms. The topological polar surface area (TPSA) is 76.0 Å². The molecule has 0 aromatic heterocycles. The Morgan fingerprint density at radius 1 is 0.968 bits per heavy atom. The van der Waals surface area contributed by atoms with E-state index in [2.05, 4.69) is 15.1 Å². The molecule has 2 fully saturated rings. The van der Waals surface area contributed by atoms with Crippen molar-refractivity contribution >= 4 is 17.3 Å². The first-order valence-corrected chi connectivity index (χ1v) is 11.5. The Hall–Kier alpha value is -2.57. The first-order valence-electron chi connectivity index (χ1n) is 11.5. The van der Waals surface area contributed by atoms with E-state index in [1.165, 1.54) is 19.3 Å². The van der Waals surface area contributed by atoms with Crippen molar-refractivity contribution in [1.82, 2.24) is 4.90 Å². The van der Waals surface area contributed by atoms with E-state index in [0.29, 0.717) is 17.2 Å². The molecule has 2 aromatic carbocycles. The van der Waals surface area contributed by atoms with Crippen molar-refractivity contribution < 1.29 is 15.0 Å². The highest BCUT2D eigenvalue weighted by Crippen LogP contribution is 2.37. The molecule has 6 heteroatoms. The van der Waals surface area contributed by atoms with Gasteiger partial charge in [0.25, 0.3) is 5.91 Å². The van der Waals surface area contributed by atoms with Crippen LogP contribution in [0.5, 0.6) is 5.75 Å². The number of rotatable bonds is 6. The summed E-state index contributed by atoms with van der Waals surface area (Å²) in [6.45, 7) is 4.70. The third kappa shape index (κ3) is 5.38. The molecule has 1 saturated carbocycles. The number of phenols is 1. The molecule has 0 spiro atoms. The Bertz CT molecular complexity index is 870. The SMILES string of the molecule is O=C(Nc1ccc(N2CCN(CCO)CC2)cc1)c1ccc(O)c(C2CCCCC2)c1. The molecule has 1 aliphatic heterocycles. The second-order valence-electron chi connectivity index (χ2n) is 8.66. The Morgan fingerprint density at radius 2 is 1.68 bits per heavy atom. The molecule has 1 amide bonds. The summed E-state index contributed by atoms with van der Waals surface area (Å²) in [4.78, 5) is 17.4. The van der Waals surface area contributed by atoms with Gasteiger partial charge in [0.1, 0.15) is 5.75 Å². The first kappa shape index (κ1) is 21.7. The minimum absolute atomic E-state index is 0.151. The molecule has 0 radical (unpaired) electrons. The highest BCUT2D eigenvalue weighted by molar-refractivity contribution is 6.04. The van der Waals surface area contributed by atoms with Crippen LogP contribution in [0, 0.1) is 0 Å². The monoisotopic (exact) mass is 423 g/mol. The van der Waals surface area contributed by atoms with Gasteiger partial charge in [0.2, 0.25) is 0 Å². The fourth-order valence-corrected chi connectivity index (χ4v) is 4.77. The number of hydrogen-bond acceptors (Lipinski definition) is 5. The van der Waals surface area contributed by atoms with Crippen LogP contribution in [0.3, 0.4) is 0 Å². The van der Waals surface area contributed by atoms with Gasteiger partial charge in [-0.15, -0.1) is 0 Å². The summed E-state index contributed by atoms with van der Waals surface area (Å²) in [7, 11) is 0. The van der Waals surface area contributed by atoms with Crippen LogP contribution >= 0.6 is 0 Å². The Kier molecular flexibility index (Phi) is 7.10. The lowest BCUT2D eigenvalue weighted by molar-refractivity contribution is 0.102. The van der Waals surface area contributed by atoms with E-state index in [-0.39, 0.29) is 12.5 Å². The number of carbonyl (C=O) groups is 1. The Labute approximate surface area is 184 Å². The second-order valence-corrected chi connectivity index (χ2v) is 8.66. The molecule has 31 heavy (non-hydrogen) atoms. The zero-order valence-electron chi connectivity index (χ0n) is 18.1. The molecule has 3 N–H and O–H groups in total. The summed E-state index contributed by atoms with van der Waals surface area (Å²) >= 11 is 0. The maximum absolute atomic E-state index is 12.8. The Balaban J connectivity index is 1.38. The van der Waals surface area contributed by atoms with E-state index < -0.39 is 0 Å². The molecule has 6 nitrogen and oxygen atoms in total. The third-order valence-corrected chi connectivity index (χ3v) is 6.61. The van der Waals surface area contributed by atoms with Gasteiger partial charge in [-0.05, 0) is 66.8 Å².